The second-order valence-corrected chi connectivity index (χ2v) is 7.49. The van der Waals surface area contributed by atoms with Crippen molar-refractivity contribution in [1.82, 2.24) is 5.32 Å². The van der Waals surface area contributed by atoms with Crippen LogP contribution >= 0.6 is 11.8 Å². The van der Waals surface area contributed by atoms with Crippen LogP contribution in [-0.4, -0.2) is 34.8 Å². The number of fused-ring (bicyclic) bond motifs is 1. The quantitative estimate of drug-likeness (QED) is 0.609. The molecule has 2 heterocycles. The second-order valence-electron chi connectivity index (χ2n) is 6.22. The number of nitrogens with two attached hydrogens (primary N) is 1. The van der Waals surface area contributed by atoms with E-state index in [9.17, 15) is 4.79 Å². The van der Waals surface area contributed by atoms with Crippen LogP contribution in [0.15, 0.2) is 4.99 Å². The Hall–Kier alpha value is -0.710. The minimum absolute atomic E-state index is 0.361. The van der Waals surface area contributed by atoms with Gasteiger partial charge >= 0.3 is 0 Å². The Morgan fingerprint density at radius 2 is 2.05 bits per heavy atom. The average molecular weight is 311 g/mol. The summed E-state index contributed by atoms with van der Waals surface area (Å²) in [6, 6.07) is 0.806. The molecule has 2 rings (SSSR count). The van der Waals surface area contributed by atoms with Gasteiger partial charge < -0.3 is 11.1 Å². The molecule has 5 heteroatoms. The number of thioether (sulfide) groups is 1. The van der Waals surface area contributed by atoms with E-state index < -0.39 is 0 Å². The summed E-state index contributed by atoms with van der Waals surface area (Å²) < 4.78 is 0. The number of nitrogens with zero attached hydrogens (tertiary/aromatic N) is 1. The van der Waals surface area contributed by atoms with Gasteiger partial charge in [0.15, 0.2) is 5.96 Å². The first-order chi connectivity index (χ1) is 10.2. The number of hydrogen-bond donors (Lipinski definition) is 2. The summed E-state index contributed by atoms with van der Waals surface area (Å²) in [4.78, 5) is 16.3. The van der Waals surface area contributed by atoms with Gasteiger partial charge in [-0.3, -0.25) is 4.79 Å². The summed E-state index contributed by atoms with van der Waals surface area (Å²) in [6.07, 6.45) is 9.65. The van der Waals surface area contributed by atoms with E-state index in [1.807, 2.05) is 11.8 Å². The number of unbranched alkanes of at least 4 members (excludes halogenated alkanes) is 4. The number of ketones is 1. The minimum Gasteiger partial charge on any atom is -0.370 e. The van der Waals surface area contributed by atoms with E-state index in [-0.39, 0.29) is 0 Å². The molecule has 3 atom stereocenters. The van der Waals surface area contributed by atoms with E-state index in [0.29, 0.717) is 29.1 Å². The van der Waals surface area contributed by atoms with Gasteiger partial charge in [0, 0.05) is 23.8 Å². The summed E-state index contributed by atoms with van der Waals surface area (Å²) in [5.41, 5.74) is 5.73. The lowest BCUT2D eigenvalue weighted by atomic mass is 10.0. The molecule has 4 nitrogen and oxygen atoms in total. The SMILES string of the molecule is CCCCCCC(=O)CCCCC1SCC2NC(N)=NC21. The van der Waals surface area contributed by atoms with Crippen LogP contribution in [-0.2, 0) is 4.79 Å². The van der Waals surface area contributed by atoms with Gasteiger partial charge in [0.25, 0.3) is 0 Å². The fourth-order valence-corrected chi connectivity index (χ4v) is 4.68. The lowest BCUT2D eigenvalue weighted by molar-refractivity contribution is -0.119. The van der Waals surface area contributed by atoms with Gasteiger partial charge in [-0.1, -0.05) is 32.6 Å². The Kier molecular flexibility index (Phi) is 6.87. The Balaban J connectivity index is 1.53. The molecule has 120 valence electrons. The third kappa shape index (κ3) is 5.20. The summed E-state index contributed by atoms with van der Waals surface area (Å²) in [5.74, 6) is 2.17. The van der Waals surface area contributed by atoms with Crippen molar-refractivity contribution in [3.8, 4) is 0 Å². The molecule has 3 unspecified atom stereocenters. The Morgan fingerprint density at radius 1 is 1.29 bits per heavy atom. The van der Waals surface area contributed by atoms with Crippen molar-refractivity contribution in [3.05, 3.63) is 0 Å². The van der Waals surface area contributed by atoms with Crippen LogP contribution < -0.4 is 11.1 Å². The molecule has 0 saturated carbocycles. The van der Waals surface area contributed by atoms with Crippen molar-refractivity contribution in [3.63, 3.8) is 0 Å². The number of aliphatic imine (C=N–C) groups is 1. The highest BCUT2D eigenvalue weighted by Gasteiger charge is 2.39. The predicted octanol–water partition coefficient (Wildman–Crippen LogP) is 2.86. The van der Waals surface area contributed by atoms with Crippen LogP contribution in [0.4, 0.5) is 0 Å². The molecule has 21 heavy (non-hydrogen) atoms. The number of nitrogens with one attached hydrogen (secondary N) is 1. The maximum absolute atomic E-state index is 11.8. The first-order valence-corrected chi connectivity index (χ1v) is 9.48. The molecule has 2 aliphatic rings. The van der Waals surface area contributed by atoms with Crippen molar-refractivity contribution in [1.29, 1.82) is 0 Å². The molecule has 0 aromatic carbocycles. The number of carbonyl (C=O) groups is 1. The monoisotopic (exact) mass is 311 g/mol. The van der Waals surface area contributed by atoms with Gasteiger partial charge in [-0.05, 0) is 19.3 Å². The fourth-order valence-electron chi connectivity index (χ4n) is 3.17. The molecular weight excluding hydrogens is 282 g/mol. The smallest absolute Gasteiger partial charge is 0.189 e. The molecule has 1 fully saturated rings. The normalized spacial score (nSPS) is 27.3. The van der Waals surface area contributed by atoms with E-state index in [1.165, 1.54) is 19.3 Å². The highest BCUT2D eigenvalue weighted by atomic mass is 32.2. The second kappa shape index (κ2) is 8.66. The highest BCUT2D eigenvalue weighted by Crippen LogP contribution is 2.35. The van der Waals surface area contributed by atoms with E-state index in [1.54, 1.807) is 0 Å². The van der Waals surface area contributed by atoms with Crippen molar-refractivity contribution >= 4 is 23.5 Å². The number of hydrogen-bond acceptors (Lipinski definition) is 5. The molecule has 3 N–H and O–H groups in total. The Bertz CT molecular complexity index is 373. The molecule has 1 saturated heterocycles. The van der Waals surface area contributed by atoms with E-state index in [2.05, 4.69) is 17.2 Å². The van der Waals surface area contributed by atoms with Gasteiger partial charge in [-0.2, -0.15) is 11.8 Å². The molecule has 0 aliphatic carbocycles. The number of carbonyl (C=O) groups excluding carboxylic acids is 1. The maximum atomic E-state index is 11.8. The molecule has 0 spiro atoms. The maximum Gasteiger partial charge on any atom is 0.189 e. The molecule has 0 amide bonds. The lowest BCUT2D eigenvalue weighted by Crippen LogP contribution is -2.38. The van der Waals surface area contributed by atoms with Gasteiger partial charge in [-0.15, -0.1) is 0 Å². The highest BCUT2D eigenvalue weighted by molar-refractivity contribution is 8.00. The average Bonchev–Trinajstić information content (AvgIpc) is 2.99. The van der Waals surface area contributed by atoms with Crippen LogP contribution in [0.3, 0.4) is 0 Å². The zero-order chi connectivity index (χ0) is 15.1. The minimum atomic E-state index is 0.361. The molecule has 0 aromatic heterocycles. The van der Waals surface area contributed by atoms with Crippen molar-refractivity contribution in [2.75, 3.05) is 5.75 Å². The largest absolute Gasteiger partial charge is 0.370 e. The van der Waals surface area contributed by atoms with Crippen LogP contribution in [0, 0.1) is 0 Å². The van der Waals surface area contributed by atoms with Gasteiger partial charge in [-0.25, -0.2) is 4.99 Å². The van der Waals surface area contributed by atoms with Crippen molar-refractivity contribution in [2.24, 2.45) is 10.7 Å². The third-order valence-electron chi connectivity index (χ3n) is 4.41. The van der Waals surface area contributed by atoms with Crippen molar-refractivity contribution in [2.45, 2.75) is 82.0 Å². The van der Waals surface area contributed by atoms with Gasteiger partial charge in [0.2, 0.25) is 0 Å². The number of rotatable bonds is 10. The zero-order valence-corrected chi connectivity index (χ0v) is 14.0. The van der Waals surface area contributed by atoms with E-state index in [0.717, 1.165) is 44.3 Å². The summed E-state index contributed by atoms with van der Waals surface area (Å²) in [6.45, 7) is 2.20. The first kappa shape index (κ1) is 16.7. The number of Topliss-reactive ketones (excluding diaryl/α,β-unsaturated/α-hetero) is 1. The fraction of sp³-hybridized carbons (Fsp3) is 0.875. The first-order valence-electron chi connectivity index (χ1n) is 8.44. The molecule has 2 aliphatic heterocycles. The van der Waals surface area contributed by atoms with Gasteiger partial charge in [0.05, 0.1) is 12.1 Å². The Morgan fingerprint density at radius 3 is 2.81 bits per heavy atom. The summed E-state index contributed by atoms with van der Waals surface area (Å²) >= 11 is 2.00. The van der Waals surface area contributed by atoms with E-state index in [4.69, 9.17) is 5.73 Å². The van der Waals surface area contributed by atoms with Crippen molar-refractivity contribution < 1.29 is 4.79 Å². The molecule has 0 radical (unpaired) electrons. The predicted molar refractivity (Wildman–Crippen MR) is 90.8 cm³/mol. The molecule has 0 aromatic rings. The zero-order valence-electron chi connectivity index (χ0n) is 13.1. The standard InChI is InChI=1S/C16H29N3OS/c1-2-3-4-5-8-12(20)9-6-7-10-14-15-13(11-21-14)18-16(17)19-15/h13-15H,2-11H2,1H3,(H3,17,18,19). The molecular formula is C16H29N3OS. The van der Waals surface area contributed by atoms with Crippen LogP contribution in [0.5, 0.6) is 0 Å². The lowest BCUT2D eigenvalue weighted by Gasteiger charge is -2.14. The van der Waals surface area contributed by atoms with Gasteiger partial charge in [0.1, 0.15) is 5.78 Å². The summed E-state index contributed by atoms with van der Waals surface area (Å²) in [5, 5.41) is 3.83. The van der Waals surface area contributed by atoms with Crippen LogP contribution in [0.2, 0.25) is 0 Å². The topological polar surface area (TPSA) is 67.5 Å². The van der Waals surface area contributed by atoms with E-state index >= 15 is 0 Å². The number of guanidine groups is 1. The molecule has 0 bridgehead atoms. The third-order valence-corrected chi connectivity index (χ3v) is 5.90. The Labute approximate surface area is 132 Å². The summed E-state index contributed by atoms with van der Waals surface area (Å²) in [7, 11) is 0. The van der Waals surface area contributed by atoms with Crippen LogP contribution in [0.25, 0.3) is 0 Å². The van der Waals surface area contributed by atoms with Crippen LogP contribution in [0.1, 0.15) is 64.7 Å².